The van der Waals surface area contributed by atoms with Gasteiger partial charge >= 0.3 is 5.97 Å². The molecule has 6 heteroatoms. The van der Waals surface area contributed by atoms with Gasteiger partial charge in [-0.05, 0) is 31.5 Å². The zero-order chi connectivity index (χ0) is 16.8. The van der Waals surface area contributed by atoms with Crippen LogP contribution in [0.25, 0.3) is 0 Å². The molecule has 0 radical (unpaired) electrons. The van der Waals surface area contributed by atoms with E-state index >= 15 is 0 Å². The topological polar surface area (TPSA) is 81.5 Å². The maximum atomic E-state index is 11.9. The third-order valence-electron chi connectivity index (χ3n) is 3.10. The van der Waals surface area contributed by atoms with Crippen LogP contribution in [0.15, 0.2) is 48.5 Å². The maximum Gasteiger partial charge on any atom is 0.338 e. The Kier molecular flexibility index (Phi) is 5.30. The second-order valence-corrected chi connectivity index (χ2v) is 5.28. The van der Waals surface area contributed by atoms with Crippen LogP contribution in [0.1, 0.15) is 29.8 Å². The summed E-state index contributed by atoms with van der Waals surface area (Å²) < 4.78 is 5.06. The number of carbonyl (C=O) groups is 1. The molecule has 0 atom stereocenters. The van der Waals surface area contributed by atoms with E-state index in [0.717, 1.165) is 5.56 Å². The molecule has 23 heavy (non-hydrogen) atoms. The van der Waals surface area contributed by atoms with Crippen molar-refractivity contribution >= 4 is 17.3 Å². The van der Waals surface area contributed by atoms with E-state index in [1.165, 1.54) is 18.2 Å². The lowest BCUT2D eigenvalue weighted by Crippen LogP contribution is -2.12. The van der Waals surface area contributed by atoms with Crippen LogP contribution >= 0.6 is 0 Å². The van der Waals surface area contributed by atoms with Gasteiger partial charge in [0.2, 0.25) is 0 Å². The molecular formula is C17H18N2O4. The molecule has 0 spiro atoms. The van der Waals surface area contributed by atoms with Gasteiger partial charge in [-0.3, -0.25) is 10.1 Å². The molecule has 2 aromatic carbocycles. The monoisotopic (exact) mass is 314 g/mol. The highest BCUT2D eigenvalue weighted by molar-refractivity contribution is 5.91. The lowest BCUT2D eigenvalue weighted by molar-refractivity contribution is -0.384. The molecule has 2 aromatic rings. The minimum Gasteiger partial charge on any atom is -0.459 e. The largest absolute Gasteiger partial charge is 0.459 e. The predicted molar refractivity (Wildman–Crippen MR) is 87.4 cm³/mol. The minimum atomic E-state index is -0.572. The summed E-state index contributed by atoms with van der Waals surface area (Å²) in [7, 11) is 0. The Bertz CT molecular complexity index is 699. The molecular weight excluding hydrogens is 296 g/mol. The average molecular weight is 314 g/mol. The van der Waals surface area contributed by atoms with Crippen LogP contribution in [0, 0.1) is 10.1 Å². The number of carbonyl (C=O) groups excluding carboxylic acids is 1. The summed E-state index contributed by atoms with van der Waals surface area (Å²) >= 11 is 0. The minimum absolute atomic E-state index is 0.154. The Labute approximate surface area is 134 Å². The van der Waals surface area contributed by atoms with Crippen molar-refractivity contribution in [2.24, 2.45) is 0 Å². The van der Waals surface area contributed by atoms with Crippen LogP contribution in [0.2, 0.25) is 0 Å². The molecule has 0 bridgehead atoms. The highest BCUT2D eigenvalue weighted by Gasteiger charge is 2.18. The Hall–Kier alpha value is -2.89. The van der Waals surface area contributed by atoms with E-state index in [1.807, 2.05) is 30.3 Å². The number of nitro benzene ring substituents is 1. The van der Waals surface area contributed by atoms with Gasteiger partial charge in [0.15, 0.2) is 0 Å². The highest BCUT2D eigenvalue weighted by Crippen LogP contribution is 2.26. The van der Waals surface area contributed by atoms with Crippen molar-refractivity contribution in [3.05, 3.63) is 69.8 Å². The van der Waals surface area contributed by atoms with E-state index < -0.39 is 10.9 Å². The molecule has 0 fully saturated rings. The number of nitrogens with zero attached hydrogens (tertiary/aromatic N) is 1. The fourth-order valence-corrected chi connectivity index (χ4v) is 2.03. The summed E-state index contributed by atoms with van der Waals surface area (Å²) in [5, 5.41) is 14.3. The van der Waals surface area contributed by atoms with Gasteiger partial charge in [0, 0.05) is 12.6 Å². The fraction of sp³-hybridized carbons (Fsp3) is 0.235. The number of ether oxygens (including phenoxy) is 1. The van der Waals surface area contributed by atoms with Crippen molar-refractivity contribution in [2.75, 3.05) is 5.32 Å². The predicted octanol–water partition coefficient (Wildman–Crippen LogP) is 3.77. The van der Waals surface area contributed by atoms with Crippen molar-refractivity contribution in [1.82, 2.24) is 0 Å². The highest BCUT2D eigenvalue weighted by atomic mass is 16.6. The van der Waals surface area contributed by atoms with E-state index in [-0.39, 0.29) is 17.4 Å². The first-order valence-electron chi connectivity index (χ1n) is 7.24. The van der Waals surface area contributed by atoms with Crippen molar-refractivity contribution < 1.29 is 14.5 Å². The van der Waals surface area contributed by atoms with Gasteiger partial charge in [-0.25, -0.2) is 4.79 Å². The number of hydrogen-bond acceptors (Lipinski definition) is 5. The fourth-order valence-electron chi connectivity index (χ4n) is 2.03. The van der Waals surface area contributed by atoms with Crippen LogP contribution in [0.5, 0.6) is 0 Å². The zero-order valence-corrected chi connectivity index (χ0v) is 13.0. The first-order chi connectivity index (χ1) is 11.0. The average Bonchev–Trinajstić information content (AvgIpc) is 2.53. The van der Waals surface area contributed by atoms with Crippen LogP contribution in [-0.2, 0) is 11.3 Å². The van der Waals surface area contributed by atoms with Gasteiger partial charge in [0.1, 0.15) is 5.69 Å². The molecule has 0 aromatic heterocycles. The number of benzene rings is 2. The number of esters is 1. The quantitative estimate of drug-likeness (QED) is 0.498. The Morgan fingerprint density at radius 1 is 1.22 bits per heavy atom. The second-order valence-electron chi connectivity index (χ2n) is 5.28. The van der Waals surface area contributed by atoms with E-state index in [0.29, 0.717) is 12.2 Å². The van der Waals surface area contributed by atoms with Crippen LogP contribution in [-0.4, -0.2) is 17.0 Å². The molecule has 0 saturated carbocycles. The van der Waals surface area contributed by atoms with E-state index in [1.54, 1.807) is 13.8 Å². The third kappa shape index (κ3) is 4.54. The Balaban J connectivity index is 2.19. The van der Waals surface area contributed by atoms with Crippen molar-refractivity contribution in [1.29, 1.82) is 0 Å². The Morgan fingerprint density at radius 2 is 1.91 bits per heavy atom. The van der Waals surface area contributed by atoms with Gasteiger partial charge in [-0.1, -0.05) is 30.3 Å². The van der Waals surface area contributed by atoms with Gasteiger partial charge < -0.3 is 10.1 Å². The molecule has 0 unspecified atom stereocenters. The molecule has 2 rings (SSSR count). The standard InChI is InChI=1S/C17H18N2O4/c1-12(2)23-17(20)14-8-9-15(16(10-14)19(21)22)18-11-13-6-4-3-5-7-13/h3-10,12,18H,11H2,1-2H3. The summed E-state index contributed by atoms with van der Waals surface area (Å²) in [6.07, 6.45) is -0.280. The van der Waals surface area contributed by atoms with Gasteiger partial charge in [0.25, 0.3) is 5.69 Å². The molecule has 0 aliphatic carbocycles. The third-order valence-corrected chi connectivity index (χ3v) is 3.10. The summed E-state index contributed by atoms with van der Waals surface area (Å²) in [6.45, 7) is 3.90. The first kappa shape index (κ1) is 16.5. The molecule has 0 heterocycles. The van der Waals surface area contributed by atoms with E-state index in [2.05, 4.69) is 5.32 Å². The molecule has 0 saturated heterocycles. The van der Waals surface area contributed by atoms with Crippen molar-refractivity contribution in [2.45, 2.75) is 26.5 Å². The SMILES string of the molecule is CC(C)OC(=O)c1ccc(NCc2ccccc2)c([N+](=O)[O-])c1. The molecule has 120 valence electrons. The first-order valence-corrected chi connectivity index (χ1v) is 7.24. The number of hydrogen-bond donors (Lipinski definition) is 1. The second kappa shape index (κ2) is 7.40. The summed E-state index contributed by atoms with van der Waals surface area (Å²) in [5.74, 6) is -0.572. The summed E-state index contributed by atoms with van der Waals surface area (Å²) in [4.78, 5) is 22.6. The van der Waals surface area contributed by atoms with Gasteiger partial charge in [-0.15, -0.1) is 0 Å². The van der Waals surface area contributed by atoms with Crippen molar-refractivity contribution in [3.63, 3.8) is 0 Å². The normalized spacial score (nSPS) is 10.4. The zero-order valence-electron chi connectivity index (χ0n) is 13.0. The number of nitro groups is 1. The number of nitrogens with one attached hydrogen (secondary N) is 1. The number of rotatable bonds is 6. The molecule has 1 N–H and O–H groups in total. The summed E-state index contributed by atoms with van der Waals surface area (Å²) in [5.41, 5.74) is 1.37. The van der Waals surface area contributed by atoms with Crippen molar-refractivity contribution in [3.8, 4) is 0 Å². The van der Waals surface area contributed by atoms with Gasteiger partial charge in [0.05, 0.1) is 16.6 Å². The Morgan fingerprint density at radius 3 is 2.52 bits per heavy atom. The smallest absolute Gasteiger partial charge is 0.338 e. The maximum absolute atomic E-state index is 11.9. The van der Waals surface area contributed by atoms with E-state index in [4.69, 9.17) is 4.74 Å². The molecule has 0 amide bonds. The van der Waals surface area contributed by atoms with E-state index in [9.17, 15) is 14.9 Å². The lowest BCUT2D eigenvalue weighted by atomic mass is 10.1. The summed E-state index contributed by atoms with van der Waals surface area (Å²) in [6, 6.07) is 13.8. The number of anilines is 1. The molecule has 6 nitrogen and oxygen atoms in total. The lowest BCUT2D eigenvalue weighted by Gasteiger charge is -2.10. The van der Waals surface area contributed by atoms with Crippen LogP contribution in [0.3, 0.4) is 0 Å². The van der Waals surface area contributed by atoms with Crippen LogP contribution in [0.4, 0.5) is 11.4 Å². The van der Waals surface area contributed by atoms with Gasteiger partial charge in [-0.2, -0.15) is 0 Å². The van der Waals surface area contributed by atoms with Crippen LogP contribution < -0.4 is 5.32 Å². The molecule has 0 aliphatic heterocycles. The molecule has 0 aliphatic rings.